The van der Waals surface area contributed by atoms with Crippen molar-refractivity contribution in [2.45, 2.75) is 19.9 Å². The Morgan fingerprint density at radius 3 is 3.20 bits per heavy atom. The summed E-state index contributed by atoms with van der Waals surface area (Å²) in [5.74, 6) is 0.0692. The number of nitrogens with one attached hydrogen (secondary N) is 2. The fourth-order valence-corrected chi connectivity index (χ4v) is 1.42. The van der Waals surface area contributed by atoms with Gasteiger partial charge in [0.1, 0.15) is 0 Å². The molecular formula is C11H13N3O. The Morgan fingerprint density at radius 2 is 2.40 bits per heavy atom. The van der Waals surface area contributed by atoms with Crippen LogP contribution in [0.1, 0.15) is 18.9 Å². The van der Waals surface area contributed by atoms with E-state index in [1.807, 2.05) is 25.1 Å². The van der Waals surface area contributed by atoms with E-state index in [2.05, 4.69) is 15.3 Å². The van der Waals surface area contributed by atoms with E-state index in [0.29, 0.717) is 13.0 Å². The molecule has 0 bridgehead atoms. The van der Waals surface area contributed by atoms with Gasteiger partial charge in [0, 0.05) is 13.0 Å². The maximum atomic E-state index is 11.1. The van der Waals surface area contributed by atoms with Crippen LogP contribution < -0.4 is 5.32 Å². The van der Waals surface area contributed by atoms with Gasteiger partial charge in [0.25, 0.3) is 0 Å². The molecule has 4 heteroatoms. The van der Waals surface area contributed by atoms with Gasteiger partial charge in [0.05, 0.1) is 17.4 Å². The second-order valence-electron chi connectivity index (χ2n) is 3.38. The smallest absolute Gasteiger partial charge is 0.219 e. The van der Waals surface area contributed by atoms with Crippen molar-refractivity contribution in [2.24, 2.45) is 0 Å². The maximum absolute atomic E-state index is 11.1. The first-order chi connectivity index (χ1) is 7.29. The van der Waals surface area contributed by atoms with E-state index in [9.17, 15) is 4.79 Å². The summed E-state index contributed by atoms with van der Waals surface area (Å²) in [5.41, 5.74) is 3.02. The number of H-pyrrole nitrogens is 1. The Hall–Kier alpha value is -1.84. The third-order valence-corrected chi connectivity index (χ3v) is 2.30. The first kappa shape index (κ1) is 9.71. The van der Waals surface area contributed by atoms with Gasteiger partial charge in [-0.3, -0.25) is 4.79 Å². The number of nitrogens with zero attached hydrogens (tertiary/aromatic N) is 1. The van der Waals surface area contributed by atoms with Gasteiger partial charge in [0.15, 0.2) is 0 Å². The van der Waals surface area contributed by atoms with Gasteiger partial charge in [-0.05, 0) is 17.7 Å². The van der Waals surface area contributed by atoms with Crippen molar-refractivity contribution in [3.63, 3.8) is 0 Å². The number of carbonyl (C=O) groups excluding carboxylic acids is 1. The summed E-state index contributed by atoms with van der Waals surface area (Å²) in [6.07, 6.45) is 2.19. The van der Waals surface area contributed by atoms with E-state index in [1.165, 1.54) is 0 Å². The summed E-state index contributed by atoms with van der Waals surface area (Å²) in [5, 5.41) is 2.83. The molecule has 4 nitrogen and oxygen atoms in total. The van der Waals surface area contributed by atoms with Crippen molar-refractivity contribution in [3.05, 3.63) is 30.1 Å². The van der Waals surface area contributed by atoms with Crippen LogP contribution in [0.4, 0.5) is 0 Å². The number of rotatable bonds is 3. The average molecular weight is 203 g/mol. The summed E-state index contributed by atoms with van der Waals surface area (Å²) in [6, 6.07) is 5.91. The predicted octanol–water partition coefficient (Wildman–Crippen LogP) is 1.59. The zero-order valence-electron chi connectivity index (χ0n) is 8.58. The molecule has 2 N–H and O–H groups in total. The van der Waals surface area contributed by atoms with Gasteiger partial charge >= 0.3 is 0 Å². The Labute approximate surface area is 87.7 Å². The molecule has 15 heavy (non-hydrogen) atoms. The largest absolute Gasteiger partial charge is 0.352 e. The van der Waals surface area contributed by atoms with E-state index < -0.39 is 0 Å². The lowest BCUT2D eigenvalue weighted by Gasteiger charge is -2.03. The van der Waals surface area contributed by atoms with Gasteiger partial charge in [0.2, 0.25) is 5.91 Å². The fourth-order valence-electron chi connectivity index (χ4n) is 1.42. The minimum absolute atomic E-state index is 0.0692. The molecule has 0 fully saturated rings. The van der Waals surface area contributed by atoms with Crippen LogP contribution in [0.2, 0.25) is 0 Å². The molecule has 78 valence electrons. The van der Waals surface area contributed by atoms with E-state index >= 15 is 0 Å². The summed E-state index contributed by atoms with van der Waals surface area (Å²) in [4.78, 5) is 18.2. The molecule has 0 aliphatic carbocycles. The Bertz CT molecular complexity index is 475. The summed E-state index contributed by atoms with van der Waals surface area (Å²) >= 11 is 0. The molecule has 0 radical (unpaired) electrons. The minimum atomic E-state index is 0.0692. The zero-order valence-corrected chi connectivity index (χ0v) is 8.58. The lowest BCUT2D eigenvalue weighted by atomic mass is 10.2. The Kier molecular flexibility index (Phi) is 2.67. The lowest BCUT2D eigenvalue weighted by Crippen LogP contribution is -2.21. The van der Waals surface area contributed by atoms with Gasteiger partial charge in [-0.15, -0.1) is 0 Å². The molecule has 1 aromatic carbocycles. The Balaban J connectivity index is 2.11. The predicted molar refractivity (Wildman–Crippen MR) is 58.2 cm³/mol. The molecule has 0 unspecified atom stereocenters. The number of aromatic amines is 1. The number of imidazole rings is 1. The molecule has 0 saturated heterocycles. The average Bonchev–Trinajstić information content (AvgIpc) is 2.72. The van der Waals surface area contributed by atoms with E-state index in [0.717, 1.165) is 16.6 Å². The van der Waals surface area contributed by atoms with Crippen molar-refractivity contribution in [1.29, 1.82) is 0 Å². The summed E-state index contributed by atoms with van der Waals surface area (Å²) in [6.45, 7) is 2.41. The van der Waals surface area contributed by atoms with Crippen LogP contribution in [-0.2, 0) is 11.3 Å². The number of amides is 1. The minimum Gasteiger partial charge on any atom is -0.352 e. The van der Waals surface area contributed by atoms with Crippen LogP contribution in [-0.4, -0.2) is 15.9 Å². The normalized spacial score (nSPS) is 10.5. The van der Waals surface area contributed by atoms with E-state index in [4.69, 9.17) is 0 Å². The second-order valence-corrected chi connectivity index (χ2v) is 3.38. The highest BCUT2D eigenvalue weighted by atomic mass is 16.1. The molecule has 0 saturated carbocycles. The first-order valence-electron chi connectivity index (χ1n) is 4.98. The van der Waals surface area contributed by atoms with Gasteiger partial charge in [-0.2, -0.15) is 0 Å². The van der Waals surface area contributed by atoms with Gasteiger partial charge in [-0.1, -0.05) is 13.0 Å². The van der Waals surface area contributed by atoms with E-state index in [1.54, 1.807) is 6.33 Å². The number of aromatic nitrogens is 2. The van der Waals surface area contributed by atoms with Crippen molar-refractivity contribution in [2.75, 3.05) is 0 Å². The molecule has 1 heterocycles. The molecule has 1 aromatic heterocycles. The summed E-state index contributed by atoms with van der Waals surface area (Å²) < 4.78 is 0. The molecule has 2 rings (SSSR count). The quantitative estimate of drug-likeness (QED) is 0.795. The SMILES string of the molecule is CCC(=O)NCc1ccc2nc[nH]c2c1. The molecule has 1 amide bonds. The standard InChI is InChI=1S/C11H13N3O/c1-2-11(15)12-6-8-3-4-9-10(5-8)14-7-13-9/h3-5,7H,2,6H2,1H3,(H,12,15)(H,13,14). The number of carbonyl (C=O) groups is 1. The first-order valence-corrected chi connectivity index (χ1v) is 4.98. The maximum Gasteiger partial charge on any atom is 0.219 e. The van der Waals surface area contributed by atoms with Crippen LogP contribution in [0.5, 0.6) is 0 Å². The van der Waals surface area contributed by atoms with Crippen LogP contribution in [0, 0.1) is 0 Å². The third kappa shape index (κ3) is 2.15. The molecular weight excluding hydrogens is 190 g/mol. The number of hydrogen-bond acceptors (Lipinski definition) is 2. The summed E-state index contributed by atoms with van der Waals surface area (Å²) in [7, 11) is 0. The van der Waals surface area contributed by atoms with Crippen LogP contribution in [0.25, 0.3) is 11.0 Å². The van der Waals surface area contributed by atoms with Crippen molar-refractivity contribution < 1.29 is 4.79 Å². The van der Waals surface area contributed by atoms with Gasteiger partial charge < -0.3 is 10.3 Å². The van der Waals surface area contributed by atoms with Crippen molar-refractivity contribution in [1.82, 2.24) is 15.3 Å². The van der Waals surface area contributed by atoms with Crippen molar-refractivity contribution >= 4 is 16.9 Å². The zero-order chi connectivity index (χ0) is 10.7. The molecule has 0 spiro atoms. The number of hydrogen-bond donors (Lipinski definition) is 2. The van der Waals surface area contributed by atoms with E-state index in [-0.39, 0.29) is 5.91 Å². The molecule has 0 aliphatic rings. The molecule has 0 atom stereocenters. The topological polar surface area (TPSA) is 57.8 Å². The third-order valence-electron chi connectivity index (χ3n) is 2.30. The lowest BCUT2D eigenvalue weighted by molar-refractivity contribution is -0.120. The highest BCUT2D eigenvalue weighted by Gasteiger charge is 2.00. The van der Waals surface area contributed by atoms with Crippen LogP contribution >= 0.6 is 0 Å². The molecule has 0 aliphatic heterocycles. The monoisotopic (exact) mass is 203 g/mol. The molecule has 2 aromatic rings. The number of benzene rings is 1. The highest BCUT2D eigenvalue weighted by Crippen LogP contribution is 2.11. The number of fused-ring (bicyclic) bond motifs is 1. The Morgan fingerprint density at radius 1 is 1.53 bits per heavy atom. The van der Waals surface area contributed by atoms with Crippen LogP contribution in [0.15, 0.2) is 24.5 Å². The van der Waals surface area contributed by atoms with Crippen LogP contribution in [0.3, 0.4) is 0 Å². The van der Waals surface area contributed by atoms with Crippen molar-refractivity contribution in [3.8, 4) is 0 Å². The second kappa shape index (κ2) is 4.13. The fraction of sp³-hybridized carbons (Fsp3) is 0.273. The highest BCUT2D eigenvalue weighted by molar-refractivity contribution is 5.77. The van der Waals surface area contributed by atoms with Gasteiger partial charge in [-0.25, -0.2) is 4.98 Å².